The van der Waals surface area contributed by atoms with Gasteiger partial charge in [-0.3, -0.25) is 4.99 Å². The maximum Gasteiger partial charge on any atom is 0.191 e. The molecule has 1 aliphatic carbocycles. The summed E-state index contributed by atoms with van der Waals surface area (Å²) in [5, 5.41) is 16.3. The molecule has 0 radical (unpaired) electrons. The van der Waals surface area contributed by atoms with Crippen LogP contribution in [0.1, 0.15) is 32.1 Å². The van der Waals surface area contributed by atoms with Crippen LogP contribution in [0.15, 0.2) is 4.99 Å². The molecule has 0 aromatic carbocycles. The molecule has 1 rings (SSSR count). The number of aliphatic hydroxyl groups is 1. The maximum atomic E-state index is 10.3. The number of guanidine groups is 1. The van der Waals surface area contributed by atoms with Gasteiger partial charge < -0.3 is 15.7 Å². The van der Waals surface area contributed by atoms with Crippen LogP contribution in [0.2, 0.25) is 0 Å². The molecule has 0 aliphatic heterocycles. The summed E-state index contributed by atoms with van der Waals surface area (Å²) in [6.07, 6.45) is 10.3. The molecule has 4 heteroatoms. The molecular weight excluding hydrogens is 202 g/mol. The standard InChI is InChI=1S/C12H21N3O/c1-3-9-14-11(13-2)15-10-12(16)7-5-4-6-8-12/h1,16H,4-10H2,2H3,(H2,13,14,15). The molecular formula is C12H21N3O. The van der Waals surface area contributed by atoms with Crippen LogP contribution < -0.4 is 10.6 Å². The predicted octanol–water partition coefficient (Wildman–Crippen LogP) is 0.480. The monoisotopic (exact) mass is 223 g/mol. The van der Waals surface area contributed by atoms with E-state index in [4.69, 9.17) is 6.42 Å². The molecule has 4 nitrogen and oxygen atoms in total. The zero-order valence-corrected chi connectivity index (χ0v) is 9.92. The molecule has 0 atom stereocenters. The Kier molecular flexibility index (Phi) is 5.13. The van der Waals surface area contributed by atoms with Crippen molar-refractivity contribution in [3.05, 3.63) is 0 Å². The summed E-state index contributed by atoms with van der Waals surface area (Å²) >= 11 is 0. The van der Waals surface area contributed by atoms with Crippen LogP contribution >= 0.6 is 0 Å². The van der Waals surface area contributed by atoms with Crippen LogP contribution in [0, 0.1) is 12.3 Å². The Morgan fingerprint density at radius 1 is 1.38 bits per heavy atom. The van der Waals surface area contributed by atoms with Crippen molar-refractivity contribution in [2.45, 2.75) is 37.7 Å². The Morgan fingerprint density at radius 2 is 2.06 bits per heavy atom. The number of nitrogens with zero attached hydrogens (tertiary/aromatic N) is 1. The van der Waals surface area contributed by atoms with Gasteiger partial charge in [-0.2, -0.15) is 0 Å². The molecule has 1 saturated carbocycles. The highest BCUT2D eigenvalue weighted by atomic mass is 16.3. The summed E-state index contributed by atoms with van der Waals surface area (Å²) in [4.78, 5) is 4.03. The highest BCUT2D eigenvalue weighted by Crippen LogP contribution is 2.27. The summed E-state index contributed by atoms with van der Waals surface area (Å²) in [7, 11) is 1.69. The third-order valence-electron chi connectivity index (χ3n) is 2.95. The van der Waals surface area contributed by atoms with Gasteiger partial charge in [0.15, 0.2) is 5.96 Å². The summed E-state index contributed by atoms with van der Waals surface area (Å²) < 4.78 is 0. The lowest BCUT2D eigenvalue weighted by atomic mass is 9.85. The van der Waals surface area contributed by atoms with Gasteiger partial charge in [0.2, 0.25) is 0 Å². The fourth-order valence-electron chi connectivity index (χ4n) is 1.99. The van der Waals surface area contributed by atoms with E-state index in [2.05, 4.69) is 21.5 Å². The number of hydrogen-bond acceptors (Lipinski definition) is 2. The second kappa shape index (κ2) is 6.39. The number of hydrogen-bond donors (Lipinski definition) is 3. The smallest absolute Gasteiger partial charge is 0.191 e. The van der Waals surface area contributed by atoms with Crippen molar-refractivity contribution in [1.29, 1.82) is 0 Å². The fourth-order valence-corrected chi connectivity index (χ4v) is 1.99. The maximum absolute atomic E-state index is 10.3. The van der Waals surface area contributed by atoms with E-state index in [-0.39, 0.29) is 0 Å². The zero-order valence-electron chi connectivity index (χ0n) is 9.92. The normalized spacial score (nSPS) is 19.9. The van der Waals surface area contributed by atoms with Crippen molar-refractivity contribution in [2.24, 2.45) is 4.99 Å². The first-order valence-electron chi connectivity index (χ1n) is 5.80. The van der Waals surface area contributed by atoms with E-state index in [9.17, 15) is 5.11 Å². The van der Waals surface area contributed by atoms with Crippen LogP contribution in [0.4, 0.5) is 0 Å². The van der Waals surface area contributed by atoms with Crippen LogP contribution in [-0.4, -0.2) is 36.8 Å². The van der Waals surface area contributed by atoms with Crippen molar-refractivity contribution >= 4 is 5.96 Å². The van der Waals surface area contributed by atoms with E-state index in [1.54, 1.807) is 7.05 Å². The minimum Gasteiger partial charge on any atom is -0.388 e. The molecule has 0 unspecified atom stereocenters. The largest absolute Gasteiger partial charge is 0.388 e. The van der Waals surface area contributed by atoms with E-state index in [1.165, 1.54) is 6.42 Å². The molecule has 16 heavy (non-hydrogen) atoms. The number of aliphatic imine (C=N–C) groups is 1. The molecule has 0 spiro atoms. The van der Waals surface area contributed by atoms with Gasteiger partial charge in [0, 0.05) is 13.6 Å². The van der Waals surface area contributed by atoms with Crippen molar-refractivity contribution in [1.82, 2.24) is 10.6 Å². The Balaban J connectivity index is 2.34. The molecule has 90 valence electrons. The first-order valence-corrected chi connectivity index (χ1v) is 5.80. The Labute approximate surface area is 97.5 Å². The van der Waals surface area contributed by atoms with Gasteiger partial charge in [-0.25, -0.2) is 0 Å². The second-order valence-electron chi connectivity index (χ2n) is 4.27. The van der Waals surface area contributed by atoms with E-state index in [0.29, 0.717) is 19.0 Å². The molecule has 0 saturated heterocycles. The first-order chi connectivity index (χ1) is 7.70. The molecule has 0 bridgehead atoms. The average Bonchev–Trinajstić information content (AvgIpc) is 2.30. The Bertz CT molecular complexity index is 274. The van der Waals surface area contributed by atoms with E-state index in [1.807, 2.05) is 0 Å². The molecule has 0 aromatic rings. The molecule has 1 fully saturated rings. The fraction of sp³-hybridized carbons (Fsp3) is 0.750. The lowest BCUT2D eigenvalue weighted by Crippen LogP contribution is -2.48. The minimum absolute atomic E-state index is 0.443. The molecule has 0 heterocycles. The topological polar surface area (TPSA) is 56.7 Å². The van der Waals surface area contributed by atoms with Crippen molar-refractivity contribution < 1.29 is 5.11 Å². The van der Waals surface area contributed by atoms with Gasteiger partial charge in [0.25, 0.3) is 0 Å². The molecule has 3 N–H and O–H groups in total. The van der Waals surface area contributed by atoms with E-state index in [0.717, 1.165) is 25.7 Å². The van der Waals surface area contributed by atoms with Gasteiger partial charge >= 0.3 is 0 Å². The van der Waals surface area contributed by atoms with Gasteiger partial charge in [0.1, 0.15) is 0 Å². The highest BCUT2D eigenvalue weighted by molar-refractivity contribution is 5.79. The first kappa shape index (κ1) is 12.9. The Morgan fingerprint density at radius 3 is 2.62 bits per heavy atom. The molecule has 1 aliphatic rings. The van der Waals surface area contributed by atoms with E-state index >= 15 is 0 Å². The van der Waals surface area contributed by atoms with Crippen LogP contribution in [0.25, 0.3) is 0 Å². The van der Waals surface area contributed by atoms with Gasteiger partial charge in [-0.05, 0) is 12.8 Å². The highest BCUT2D eigenvalue weighted by Gasteiger charge is 2.28. The van der Waals surface area contributed by atoms with Crippen molar-refractivity contribution in [2.75, 3.05) is 20.1 Å². The summed E-state index contributed by atoms with van der Waals surface area (Å²) in [6, 6.07) is 0. The minimum atomic E-state index is -0.577. The lowest BCUT2D eigenvalue weighted by molar-refractivity contribution is 0.00861. The van der Waals surface area contributed by atoms with Crippen molar-refractivity contribution in [3.63, 3.8) is 0 Å². The third kappa shape index (κ3) is 4.11. The van der Waals surface area contributed by atoms with Gasteiger partial charge in [0.05, 0.1) is 12.1 Å². The average molecular weight is 223 g/mol. The quantitative estimate of drug-likeness (QED) is 0.370. The SMILES string of the molecule is C#CCNC(=NC)NCC1(O)CCCCC1. The number of nitrogens with one attached hydrogen (secondary N) is 2. The number of terminal acetylenes is 1. The molecule has 0 aromatic heterocycles. The van der Waals surface area contributed by atoms with Gasteiger partial charge in [-0.15, -0.1) is 6.42 Å². The predicted molar refractivity (Wildman–Crippen MR) is 66.2 cm³/mol. The summed E-state index contributed by atoms with van der Waals surface area (Å²) in [6.45, 7) is 0.981. The Hall–Kier alpha value is -1.21. The lowest BCUT2D eigenvalue weighted by Gasteiger charge is -2.32. The van der Waals surface area contributed by atoms with Crippen LogP contribution in [-0.2, 0) is 0 Å². The van der Waals surface area contributed by atoms with Crippen molar-refractivity contribution in [3.8, 4) is 12.3 Å². The number of rotatable bonds is 3. The summed E-state index contributed by atoms with van der Waals surface area (Å²) in [5.41, 5.74) is -0.577. The van der Waals surface area contributed by atoms with Crippen LogP contribution in [0.5, 0.6) is 0 Å². The molecule has 0 amide bonds. The zero-order chi connectivity index (χ0) is 11.9. The van der Waals surface area contributed by atoms with Gasteiger partial charge in [-0.1, -0.05) is 25.2 Å². The van der Waals surface area contributed by atoms with Crippen LogP contribution in [0.3, 0.4) is 0 Å². The second-order valence-corrected chi connectivity index (χ2v) is 4.27. The van der Waals surface area contributed by atoms with E-state index < -0.39 is 5.60 Å². The third-order valence-corrected chi connectivity index (χ3v) is 2.95. The summed E-state index contributed by atoms with van der Waals surface area (Å²) in [5.74, 6) is 3.14.